The number of anilines is 1. The number of benzene rings is 1. The topological polar surface area (TPSA) is 55.4 Å². The molecule has 0 saturated heterocycles. The average Bonchev–Trinajstić information content (AvgIpc) is 2.68. The molecule has 1 saturated carbocycles. The highest BCUT2D eigenvalue weighted by molar-refractivity contribution is 5.94. The maximum absolute atomic E-state index is 12.7. The zero-order valence-electron chi connectivity index (χ0n) is 15.9. The van der Waals surface area contributed by atoms with Crippen LogP contribution in [0.25, 0.3) is 0 Å². The lowest BCUT2D eigenvalue weighted by Crippen LogP contribution is -2.50. The maximum Gasteiger partial charge on any atom is 0.311 e. The molecule has 1 amide bonds. The Morgan fingerprint density at radius 1 is 1.28 bits per heavy atom. The van der Waals surface area contributed by atoms with Gasteiger partial charge in [-0.05, 0) is 54.2 Å². The van der Waals surface area contributed by atoms with Crippen LogP contribution in [0.5, 0.6) is 0 Å². The first kappa shape index (κ1) is 18.0. The fourth-order valence-corrected chi connectivity index (χ4v) is 5.03. The van der Waals surface area contributed by atoms with Crippen LogP contribution in [0.1, 0.15) is 70.4 Å². The molecule has 0 spiro atoms. The normalized spacial score (nSPS) is 31.6. The number of amides is 1. The van der Waals surface area contributed by atoms with Crippen molar-refractivity contribution in [2.45, 2.75) is 64.7 Å². The van der Waals surface area contributed by atoms with Crippen molar-refractivity contribution in [3.63, 3.8) is 0 Å². The highest BCUT2D eigenvalue weighted by Crippen LogP contribution is 2.57. The summed E-state index contributed by atoms with van der Waals surface area (Å²) in [5.74, 6) is 0.138. The SMILES string of the molecule is COC(=O)C1(C)CCCC2(C)c3ccc(C(C)C)cc3NC(=O)CC12. The number of hydrogen-bond acceptors (Lipinski definition) is 3. The molecule has 3 unspecified atom stereocenters. The molecule has 4 heteroatoms. The van der Waals surface area contributed by atoms with Crippen LogP contribution in [-0.2, 0) is 19.7 Å². The molecular weight excluding hydrogens is 314 g/mol. The molecule has 0 aromatic heterocycles. The van der Waals surface area contributed by atoms with Crippen molar-refractivity contribution in [2.75, 3.05) is 12.4 Å². The van der Waals surface area contributed by atoms with Gasteiger partial charge in [0.05, 0.1) is 12.5 Å². The summed E-state index contributed by atoms with van der Waals surface area (Å²) in [6.45, 7) is 8.49. The number of hydrogen-bond donors (Lipinski definition) is 1. The lowest BCUT2D eigenvalue weighted by atomic mass is 9.53. The van der Waals surface area contributed by atoms with E-state index in [0.29, 0.717) is 12.3 Å². The first-order valence-electron chi connectivity index (χ1n) is 9.25. The van der Waals surface area contributed by atoms with E-state index in [4.69, 9.17) is 4.74 Å². The van der Waals surface area contributed by atoms with Gasteiger partial charge in [0, 0.05) is 12.1 Å². The molecule has 3 rings (SSSR count). The van der Waals surface area contributed by atoms with Crippen LogP contribution in [0.4, 0.5) is 5.69 Å². The maximum atomic E-state index is 12.7. The molecule has 3 atom stereocenters. The zero-order valence-corrected chi connectivity index (χ0v) is 15.9. The molecule has 0 radical (unpaired) electrons. The molecule has 1 fully saturated rings. The molecule has 0 bridgehead atoms. The molecule has 1 aromatic rings. The van der Waals surface area contributed by atoms with Gasteiger partial charge in [0.1, 0.15) is 0 Å². The van der Waals surface area contributed by atoms with Crippen LogP contribution in [0.15, 0.2) is 18.2 Å². The predicted octanol–water partition coefficient (Wildman–Crippen LogP) is 4.39. The Balaban J connectivity index is 2.16. The fraction of sp³-hybridized carbons (Fsp3) is 0.619. The third-order valence-electron chi connectivity index (χ3n) is 6.57. The third kappa shape index (κ3) is 2.76. The van der Waals surface area contributed by atoms with Gasteiger partial charge in [-0.1, -0.05) is 39.3 Å². The average molecular weight is 343 g/mol. The quantitative estimate of drug-likeness (QED) is 0.810. The Hall–Kier alpha value is -1.84. The second-order valence-corrected chi connectivity index (χ2v) is 8.44. The minimum Gasteiger partial charge on any atom is -0.469 e. The second-order valence-electron chi connectivity index (χ2n) is 8.44. The van der Waals surface area contributed by atoms with E-state index in [1.54, 1.807) is 0 Å². The van der Waals surface area contributed by atoms with E-state index in [0.717, 1.165) is 30.5 Å². The Morgan fingerprint density at radius 3 is 2.64 bits per heavy atom. The highest BCUT2D eigenvalue weighted by Gasteiger charge is 2.56. The standard InChI is InChI=1S/C21H29NO3/c1-13(2)14-7-8-15-16(11-14)22-18(23)12-17-20(15,3)9-6-10-21(17,4)19(24)25-5/h7-8,11,13,17H,6,9-10,12H2,1-5H3,(H,22,23). The van der Waals surface area contributed by atoms with Crippen LogP contribution in [0.2, 0.25) is 0 Å². The minimum atomic E-state index is -0.628. The fourth-order valence-electron chi connectivity index (χ4n) is 5.03. The summed E-state index contributed by atoms with van der Waals surface area (Å²) < 4.78 is 5.13. The van der Waals surface area contributed by atoms with Gasteiger partial charge in [0.15, 0.2) is 0 Å². The van der Waals surface area contributed by atoms with Gasteiger partial charge >= 0.3 is 5.97 Å². The number of nitrogens with one attached hydrogen (secondary N) is 1. The molecule has 1 aliphatic heterocycles. The van der Waals surface area contributed by atoms with E-state index in [1.807, 2.05) is 6.92 Å². The Kier molecular flexibility index (Phi) is 4.42. The Bertz CT molecular complexity index is 711. The summed E-state index contributed by atoms with van der Waals surface area (Å²) in [6, 6.07) is 6.43. The number of carbonyl (C=O) groups is 2. The van der Waals surface area contributed by atoms with E-state index in [1.165, 1.54) is 12.7 Å². The van der Waals surface area contributed by atoms with E-state index < -0.39 is 5.41 Å². The zero-order chi connectivity index (χ0) is 18.4. The van der Waals surface area contributed by atoms with Crippen LogP contribution < -0.4 is 5.32 Å². The van der Waals surface area contributed by atoms with Crippen molar-refractivity contribution in [2.24, 2.45) is 11.3 Å². The van der Waals surface area contributed by atoms with Gasteiger partial charge in [-0.25, -0.2) is 0 Å². The molecule has 25 heavy (non-hydrogen) atoms. The van der Waals surface area contributed by atoms with Crippen molar-refractivity contribution in [1.82, 2.24) is 0 Å². The number of rotatable bonds is 2. The number of ether oxygens (including phenoxy) is 1. The summed E-state index contributed by atoms with van der Waals surface area (Å²) >= 11 is 0. The van der Waals surface area contributed by atoms with Gasteiger partial charge in [-0.15, -0.1) is 0 Å². The summed E-state index contributed by atoms with van der Waals surface area (Å²) in [7, 11) is 1.44. The largest absolute Gasteiger partial charge is 0.469 e. The minimum absolute atomic E-state index is 0.00657. The van der Waals surface area contributed by atoms with Gasteiger partial charge in [0.2, 0.25) is 5.91 Å². The lowest BCUT2D eigenvalue weighted by molar-refractivity contribution is -0.161. The first-order chi connectivity index (χ1) is 11.7. The molecule has 136 valence electrons. The summed E-state index contributed by atoms with van der Waals surface area (Å²) in [6.07, 6.45) is 3.06. The van der Waals surface area contributed by atoms with E-state index in [-0.39, 0.29) is 23.2 Å². The molecule has 4 nitrogen and oxygen atoms in total. The van der Waals surface area contributed by atoms with Crippen molar-refractivity contribution >= 4 is 17.6 Å². The van der Waals surface area contributed by atoms with Crippen molar-refractivity contribution in [1.29, 1.82) is 0 Å². The van der Waals surface area contributed by atoms with Crippen molar-refractivity contribution in [3.05, 3.63) is 29.3 Å². The van der Waals surface area contributed by atoms with Crippen molar-refractivity contribution < 1.29 is 14.3 Å². The van der Waals surface area contributed by atoms with Gasteiger partial charge in [0.25, 0.3) is 0 Å². The summed E-state index contributed by atoms with van der Waals surface area (Å²) in [5.41, 5.74) is 2.44. The molecule has 2 aliphatic rings. The summed E-state index contributed by atoms with van der Waals surface area (Å²) in [4.78, 5) is 25.3. The van der Waals surface area contributed by atoms with E-state index in [9.17, 15) is 9.59 Å². The number of esters is 1. The predicted molar refractivity (Wildman–Crippen MR) is 98.6 cm³/mol. The second kappa shape index (κ2) is 6.15. The van der Waals surface area contributed by atoms with Crippen LogP contribution >= 0.6 is 0 Å². The monoisotopic (exact) mass is 343 g/mol. The number of fused-ring (bicyclic) bond motifs is 3. The molecule has 1 N–H and O–H groups in total. The molecular formula is C21H29NO3. The summed E-state index contributed by atoms with van der Waals surface area (Å²) in [5, 5.41) is 3.10. The third-order valence-corrected chi connectivity index (χ3v) is 6.57. The lowest BCUT2D eigenvalue weighted by Gasteiger charge is -2.50. The molecule has 1 heterocycles. The van der Waals surface area contributed by atoms with Crippen LogP contribution in [0, 0.1) is 11.3 Å². The Morgan fingerprint density at radius 2 is 2.00 bits per heavy atom. The van der Waals surface area contributed by atoms with Gasteiger partial charge in [-0.3, -0.25) is 9.59 Å². The van der Waals surface area contributed by atoms with Gasteiger partial charge in [-0.2, -0.15) is 0 Å². The first-order valence-corrected chi connectivity index (χ1v) is 9.25. The van der Waals surface area contributed by atoms with Gasteiger partial charge < -0.3 is 10.1 Å². The van der Waals surface area contributed by atoms with E-state index >= 15 is 0 Å². The highest BCUT2D eigenvalue weighted by atomic mass is 16.5. The number of carbonyl (C=O) groups excluding carboxylic acids is 2. The van der Waals surface area contributed by atoms with Crippen molar-refractivity contribution in [3.8, 4) is 0 Å². The molecule has 1 aromatic carbocycles. The van der Waals surface area contributed by atoms with E-state index in [2.05, 4.69) is 44.3 Å². The Labute approximate surface area is 150 Å². The number of methoxy groups -OCH3 is 1. The van der Waals surface area contributed by atoms with Crippen LogP contribution in [0.3, 0.4) is 0 Å². The smallest absolute Gasteiger partial charge is 0.311 e. The van der Waals surface area contributed by atoms with Crippen LogP contribution in [-0.4, -0.2) is 19.0 Å². The molecule has 1 aliphatic carbocycles.